The number of hydrogen-bond acceptors (Lipinski definition) is 2. The molecule has 1 heterocycles. The average Bonchev–Trinajstić information content (AvgIpc) is 2.76. The van der Waals surface area contributed by atoms with Gasteiger partial charge < -0.3 is 5.73 Å². The second kappa shape index (κ2) is 5.48. The van der Waals surface area contributed by atoms with Crippen LogP contribution in [0.3, 0.4) is 0 Å². The molecule has 0 bridgehead atoms. The van der Waals surface area contributed by atoms with Crippen molar-refractivity contribution in [3.05, 3.63) is 57.3 Å². The van der Waals surface area contributed by atoms with Gasteiger partial charge in [0.25, 0.3) is 0 Å². The van der Waals surface area contributed by atoms with E-state index in [1.165, 1.54) is 21.6 Å². The summed E-state index contributed by atoms with van der Waals surface area (Å²) < 4.78 is 0. The topological polar surface area (TPSA) is 26.0 Å². The van der Waals surface area contributed by atoms with Gasteiger partial charge in [-0.25, -0.2) is 0 Å². The molecule has 2 heteroatoms. The lowest BCUT2D eigenvalue weighted by Gasteiger charge is -2.13. The zero-order valence-electron chi connectivity index (χ0n) is 10.4. The Balaban J connectivity index is 2.02. The summed E-state index contributed by atoms with van der Waals surface area (Å²) in [6.07, 6.45) is 1.94. The Morgan fingerprint density at radius 1 is 1.18 bits per heavy atom. The highest BCUT2D eigenvalue weighted by Gasteiger charge is 2.08. The molecule has 0 aliphatic carbocycles. The van der Waals surface area contributed by atoms with Gasteiger partial charge in [-0.05, 0) is 49.3 Å². The van der Waals surface area contributed by atoms with Gasteiger partial charge >= 0.3 is 0 Å². The van der Waals surface area contributed by atoms with Crippen molar-refractivity contribution in [3.8, 4) is 0 Å². The number of benzene rings is 1. The van der Waals surface area contributed by atoms with Crippen molar-refractivity contribution in [2.45, 2.75) is 32.7 Å². The van der Waals surface area contributed by atoms with Gasteiger partial charge in [-0.15, -0.1) is 11.3 Å². The van der Waals surface area contributed by atoms with Gasteiger partial charge in [0.1, 0.15) is 0 Å². The third kappa shape index (κ3) is 3.42. The van der Waals surface area contributed by atoms with Crippen LogP contribution in [0.25, 0.3) is 0 Å². The van der Waals surface area contributed by atoms with Crippen molar-refractivity contribution in [1.82, 2.24) is 0 Å². The predicted molar refractivity (Wildman–Crippen MR) is 75.6 cm³/mol. The molecule has 1 nitrogen and oxygen atoms in total. The van der Waals surface area contributed by atoms with Gasteiger partial charge in [-0.3, -0.25) is 0 Å². The number of hydrogen-bond donors (Lipinski definition) is 1. The van der Waals surface area contributed by atoms with Crippen LogP contribution in [0.1, 0.15) is 21.6 Å². The molecular weight excluding hydrogens is 226 g/mol. The molecule has 2 aromatic rings. The molecule has 1 atom stereocenters. The minimum absolute atomic E-state index is 0.217. The Kier molecular flexibility index (Phi) is 3.97. The first-order valence-corrected chi connectivity index (χ1v) is 6.87. The lowest BCUT2D eigenvalue weighted by atomic mass is 9.97. The minimum Gasteiger partial charge on any atom is -0.327 e. The maximum Gasteiger partial charge on any atom is 0.0128 e. The van der Waals surface area contributed by atoms with Crippen molar-refractivity contribution in [1.29, 1.82) is 0 Å². The Hall–Kier alpha value is -1.12. The van der Waals surface area contributed by atoms with E-state index in [0.29, 0.717) is 0 Å². The zero-order chi connectivity index (χ0) is 12.3. The third-order valence-electron chi connectivity index (χ3n) is 3.03. The second-order valence-corrected chi connectivity index (χ2v) is 5.71. The molecule has 1 aromatic carbocycles. The summed E-state index contributed by atoms with van der Waals surface area (Å²) in [6, 6.07) is 11.1. The summed E-state index contributed by atoms with van der Waals surface area (Å²) in [6.45, 7) is 4.29. The number of rotatable bonds is 4. The van der Waals surface area contributed by atoms with Crippen LogP contribution < -0.4 is 5.73 Å². The first-order chi connectivity index (χ1) is 8.15. The molecule has 0 fully saturated rings. The number of thiophene rings is 1. The molecular formula is C15H19NS. The van der Waals surface area contributed by atoms with Gasteiger partial charge in [-0.2, -0.15) is 0 Å². The molecule has 0 saturated heterocycles. The normalized spacial score (nSPS) is 12.6. The standard InChI is InChI=1S/C15H19NS/c1-11-5-6-12(2)13(8-11)9-14(16)10-15-4-3-7-17-15/h3-8,14H,9-10,16H2,1-2H3. The van der Waals surface area contributed by atoms with Crippen LogP contribution in [-0.2, 0) is 12.8 Å². The first kappa shape index (κ1) is 12.3. The zero-order valence-corrected chi connectivity index (χ0v) is 11.3. The van der Waals surface area contributed by atoms with E-state index < -0.39 is 0 Å². The summed E-state index contributed by atoms with van der Waals surface area (Å²) in [5.74, 6) is 0. The van der Waals surface area contributed by atoms with Crippen LogP contribution in [0.5, 0.6) is 0 Å². The summed E-state index contributed by atoms with van der Waals surface area (Å²) in [7, 11) is 0. The summed E-state index contributed by atoms with van der Waals surface area (Å²) in [5, 5.41) is 2.11. The van der Waals surface area contributed by atoms with Crippen LogP contribution in [0.4, 0.5) is 0 Å². The largest absolute Gasteiger partial charge is 0.327 e. The van der Waals surface area contributed by atoms with E-state index >= 15 is 0 Å². The smallest absolute Gasteiger partial charge is 0.0128 e. The Morgan fingerprint density at radius 3 is 2.71 bits per heavy atom. The molecule has 1 unspecified atom stereocenters. The van der Waals surface area contributed by atoms with Crippen LogP contribution in [0.2, 0.25) is 0 Å². The monoisotopic (exact) mass is 245 g/mol. The van der Waals surface area contributed by atoms with Crippen molar-refractivity contribution in [2.75, 3.05) is 0 Å². The Bertz CT molecular complexity index is 474. The van der Waals surface area contributed by atoms with Gasteiger partial charge in [-0.1, -0.05) is 29.8 Å². The fourth-order valence-electron chi connectivity index (χ4n) is 2.06. The molecule has 0 amide bonds. The molecule has 1 aromatic heterocycles. The van der Waals surface area contributed by atoms with E-state index in [1.54, 1.807) is 11.3 Å². The molecule has 2 N–H and O–H groups in total. The van der Waals surface area contributed by atoms with E-state index in [-0.39, 0.29) is 6.04 Å². The molecule has 2 rings (SSSR count). The van der Waals surface area contributed by atoms with Crippen molar-refractivity contribution < 1.29 is 0 Å². The summed E-state index contributed by atoms with van der Waals surface area (Å²) in [5.41, 5.74) is 10.3. The maximum absolute atomic E-state index is 6.22. The highest BCUT2D eigenvalue weighted by Crippen LogP contribution is 2.16. The van der Waals surface area contributed by atoms with Crippen LogP contribution in [0, 0.1) is 13.8 Å². The Labute approximate surface area is 107 Å². The fraction of sp³-hybridized carbons (Fsp3) is 0.333. The molecule has 0 radical (unpaired) electrons. The number of aryl methyl sites for hydroxylation is 2. The minimum atomic E-state index is 0.217. The van der Waals surface area contributed by atoms with Crippen LogP contribution in [-0.4, -0.2) is 6.04 Å². The quantitative estimate of drug-likeness (QED) is 0.877. The lowest BCUT2D eigenvalue weighted by Crippen LogP contribution is -2.25. The predicted octanol–water partition coefficient (Wildman–Crippen LogP) is 3.48. The van der Waals surface area contributed by atoms with Crippen LogP contribution >= 0.6 is 11.3 Å². The van der Waals surface area contributed by atoms with Gasteiger partial charge in [0.2, 0.25) is 0 Å². The maximum atomic E-state index is 6.22. The van der Waals surface area contributed by atoms with E-state index in [0.717, 1.165) is 12.8 Å². The van der Waals surface area contributed by atoms with Gasteiger partial charge in [0.15, 0.2) is 0 Å². The van der Waals surface area contributed by atoms with E-state index in [1.807, 2.05) is 0 Å². The van der Waals surface area contributed by atoms with Crippen molar-refractivity contribution >= 4 is 11.3 Å². The third-order valence-corrected chi connectivity index (χ3v) is 3.93. The van der Waals surface area contributed by atoms with Gasteiger partial charge in [0, 0.05) is 10.9 Å². The number of nitrogens with two attached hydrogens (primary N) is 1. The average molecular weight is 245 g/mol. The first-order valence-electron chi connectivity index (χ1n) is 5.99. The molecule has 0 spiro atoms. The molecule has 90 valence electrons. The fourth-order valence-corrected chi connectivity index (χ4v) is 2.86. The van der Waals surface area contributed by atoms with E-state index in [2.05, 4.69) is 49.6 Å². The molecule has 0 saturated carbocycles. The van der Waals surface area contributed by atoms with Crippen molar-refractivity contribution in [2.24, 2.45) is 5.73 Å². The van der Waals surface area contributed by atoms with Crippen LogP contribution in [0.15, 0.2) is 35.7 Å². The van der Waals surface area contributed by atoms with Gasteiger partial charge in [0.05, 0.1) is 0 Å². The summed E-state index contributed by atoms with van der Waals surface area (Å²) in [4.78, 5) is 1.38. The van der Waals surface area contributed by atoms with Crippen molar-refractivity contribution in [3.63, 3.8) is 0 Å². The van der Waals surface area contributed by atoms with E-state index in [9.17, 15) is 0 Å². The molecule has 0 aliphatic rings. The second-order valence-electron chi connectivity index (χ2n) is 4.68. The SMILES string of the molecule is Cc1ccc(C)c(CC(N)Cc2cccs2)c1. The highest BCUT2D eigenvalue weighted by atomic mass is 32.1. The van der Waals surface area contributed by atoms with E-state index in [4.69, 9.17) is 5.73 Å². The Morgan fingerprint density at radius 2 is 2.00 bits per heavy atom. The molecule has 0 aliphatic heterocycles. The lowest BCUT2D eigenvalue weighted by molar-refractivity contribution is 0.668. The molecule has 17 heavy (non-hydrogen) atoms. The highest BCUT2D eigenvalue weighted by molar-refractivity contribution is 7.09. The summed E-state index contributed by atoms with van der Waals surface area (Å²) >= 11 is 1.79.